The van der Waals surface area contributed by atoms with Crippen LogP contribution in [0.25, 0.3) is 0 Å². The Kier molecular flexibility index (Phi) is 4.97. The number of rotatable bonds is 2. The normalized spacial score (nSPS) is 18.2. The number of hydrogen-bond acceptors (Lipinski definition) is 2. The zero-order valence-corrected chi connectivity index (χ0v) is 11.1. The molecule has 1 aliphatic heterocycles. The van der Waals surface area contributed by atoms with Gasteiger partial charge >= 0.3 is 0 Å². The zero-order valence-electron chi connectivity index (χ0n) is 10.3. The third-order valence-electron chi connectivity index (χ3n) is 3.24. The summed E-state index contributed by atoms with van der Waals surface area (Å²) in [6.07, 6.45) is 0.968. The summed E-state index contributed by atoms with van der Waals surface area (Å²) < 4.78 is 0. The molecule has 1 aromatic carbocycles. The maximum absolute atomic E-state index is 11.9. The van der Waals surface area contributed by atoms with Crippen LogP contribution < -0.4 is 5.32 Å². The van der Waals surface area contributed by atoms with E-state index >= 15 is 0 Å². The lowest BCUT2D eigenvalue weighted by molar-refractivity contribution is -0.132. The lowest BCUT2D eigenvalue weighted by Gasteiger charge is -2.35. The standard InChI is InChI=1S/C13H18N2O.ClH/c1-10-12-6-4-3-5-11(12)7-8-15(10)13(16)9-14-2;/h3-6,10,14H,7-9H2,1-2H3;1H. The van der Waals surface area contributed by atoms with Crippen molar-refractivity contribution in [3.63, 3.8) is 0 Å². The van der Waals surface area contributed by atoms with Crippen molar-refractivity contribution in [2.45, 2.75) is 19.4 Å². The van der Waals surface area contributed by atoms with Crippen molar-refractivity contribution in [2.24, 2.45) is 0 Å². The maximum Gasteiger partial charge on any atom is 0.237 e. The van der Waals surface area contributed by atoms with Crippen LogP contribution >= 0.6 is 12.4 Å². The number of benzene rings is 1. The number of fused-ring (bicyclic) bond motifs is 1. The SMILES string of the molecule is CNCC(=O)N1CCc2ccccc2C1C.Cl. The fraction of sp³-hybridized carbons (Fsp3) is 0.462. The quantitative estimate of drug-likeness (QED) is 0.873. The molecule has 2 rings (SSSR count). The van der Waals surface area contributed by atoms with Crippen LogP contribution in [0.15, 0.2) is 24.3 Å². The fourth-order valence-corrected chi connectivity index (χ4v) is 2.37. The number of amides is 1. The molecule has 0 saturated heterocycles. The third-order valence-corrected chi connectivity index (χ3v) is 3.24. The molecule has 1 atom stereocenters. The Labute approximate surface area is 109 Å². The highest BCUT2D eigenvalue weighted by atomic mass is 35.5. The average molecular weight is 255 g/mol. The summed E-state index contributed by atoms with van der Waals surface area (Å²) in [4.78, 5) is 13.8. The zero-order chi connectivity index (χ0) is 11.5. The molecule has 1 N–H and O–H groups in total. The first-order valence-electron chi connectivity index (χ1n) is 5.76. The molecule has 3 nitrogen and oxygen atoms in total. The minimum Gasteiger partial charge on any atom is -0.334 e. The van der Waals surface area contributed by atoms with Gasteiger partial charge in [0, 0.05) is 6.54 Å². The summed E-state index contributed by atoms with van der Waals surface area (Å²) in [5.74, 6) is 0.185. The predicted molar refractivity (Wildman–Crippen MR) is 71.4 cm³/mol. The molecule has 4 heteroatoms. The molecule has 1 aromatic rings. The van der Waals surface area contributed by atoms with Gasteiger partial charge in [0.25, 0.3) is 0 Å². The van der Waals surface area contributed by atoms with E-state index in [9.17, 15) is 4.79 Å². The van der Waals surface area contributed by atoms with Gasteiger partial charge in [0.15, 0.2) is 0 Å². The van der Waals surface area contributed by atoms with Gasteiger partial charge in [-0.05, 0) is 31.5 Å². The van der Waals surface area contributed by atoms with Crippen molar-refractivity contribution in [3.8, 4) is 0 Å². The van der Waals surface area contributed by atoms with Crippen LogP contribution in [0.5, 0.6) is 0 Å². The molecule has 0 aromatic heterocycles. The second kappa shape index (κ2) is 6.03. The molecule has 1 heterocycles. The summed E-state index contributed by atoms with van der Waals surface area (Å²) in [5, 5.41) is 2.92. The van der Waals surface area contributed by atoms with Crippen molar-refractivity contribution in [1.29, 1.82) is 0 Å². The number of carbonyl (C=O) groups excluding carboxylic acids is 1. The Bertz CT molecular complexity index is 395. The van der Waals surface area contributed by atoms with Crippen molar-refractivity contribution in [3.05, 3.63) is 35.4 Å². The van der Waals surface area contributed by atoms with Crippen LogP contribution in [0.4, 0.5) is 0 Å². The molecule has 0 bridgehead atoms. The summed E-state index contributed by atoms with van der Waals surface area (Å²) in [5.41, 5.74) is 2.67. The van der Waals surface area contributed by atoms with Crippen molar-refractivity contribution < 1.29 is 4.79 Å². The highest BCUT2D eigenvalue weighted by Crippen LogP contribution is 2.28. The van der Waals surface area contributed by atoms with Gasteiger partial charge in [0.05, 0.1) is 12.6 Å². The van der Waals surface area contributed by atoms with E-state index in [1.807, 2.05) is 11.0 Å². The summed E-state index contributed by atoms with van der Waals surface area (Å²) >= 11 is 0. The summed E-state index contributed by atoms with van der Waals surface area (Å²) in [6.45, 7) is 3.36. The van der Waals surface area contributed by atoms with E-state index in [1.165, 1.54) is 11.1 Å². The highest BCUT2D eigenvalue weighted by molar-refractivity contribution is 5.85. The molecular weight excluding hydrogens is 236 g/mol. The van der Waals surface area contributed by atoms with Gasteiger partial charge in [-0.2, -0.15) is 0 Å². The van der Waals surface area contributed by atoms with E-state index in [0.717, 1.165) is 13.0 Å². The van der Waals surface area contributed by atoms with Gasteiger partial charge in [-0.3, -0.25) is 4.79 Å². The smallest absolute Gasteiger partial charge is 0.237 e. The molecule has 1 unspecified atom stereocenters. The molecule has 94 valence electrons. The number of halogens is 1. The molecule has 0 spiro atoms. The van der Waals surface area contributed by atoms with Gasteiger partial charge in [-0.1, -0.05) is 24.3 Å². The second-order valence-corrected chi connectivity index (χ2v) is 4.24. The van der Waals surface area contributed by atoms with Gasteiger partial charge in [0.1, 0.15) is 0 Å². The third kappa shape index (κ3) is 2.79. The number of nitrogens with one attached hydrogen (secondary N) is 1. The van der Waals surface area contributed by atoms with Crippen LogP contribution in [-0.4, -0.2) is 30.9 Å². The lowest BCUT2D eigenvalue weighted by Crippen LogP contribution is -2.42. The predicted octanol–water partition coefficient (Wildman–Crippen LogP) is 1.77. The number of carbonyl (C=O) groups is 1. The Morgan fingerprint density at radius 2 is 2.18 bits per heavy atom. The van der Waals surface area contributed by atoms with E-state index in [4.69, 9.17) is 0 Å². The Balaban J connectivity index is 0.00000144. The van der Waals surface area contributed by atoms with Crippen LogP contribution in [0.3, 0.4) is 0 Å². The van der Waals surface area contributed by atoms with Crippen molar-refractivity contribution in [1.82, 2.24) is 10.2 Å². The molecule has 17 heavy (non-hydrogen) atoms. The van der Waals surface area contributed by atoms with Crippen LogP contribution in [0, 0.1) is 0 Å². The van der Waals surface area contributed by atoms with Crippen molar-refractivity contribution in [2.75, 3.05) is 20.1 Å². The first-order chi connectivity index (χ1) is 7.74. The van der Waals surface area contributed by atoms with Crippen molar-refractivity contribution >= 4 is 18.3 Å². The number of nitrogens with zero attached hydrogens (tertiary/aromatic N) is 1. The highest BCUT2D eigenvalue weighted by Gasteiger charge is 2.26. The summed E-state index contributed by atoms with van der Waals surface area (Å²) in [6, 6.07) is 8.59. The Morgan fingerprint density at radius 3 is 2.88 bits per heavy atom. The molecular formula is C13H19ClN2O. The minimum atomic E-state index is 0. The molecule has 0 fully saturated rings. The maximum atomic E-state index is 11.9. The van der Waals surface area contributed by atoms with E-state index in [1.54, 1.807) is 7.05 Å². The minimum absolute atomic E-state index is 0. The topological polar surface area (TPSA) is 32.3 Å². The van der Waals surface area contributed by atoms with Gasteiger partial charge in [0.2, 0.25) is 5.91 Å². The Morgan fingerprint density at radius 1 is 1.47 bits per heavy atom. The lowest BCUT2D eigenvalue weighted by atomic mass is 9.93. The van der Waals surface area contributed by atoms with Gasteiger partial charge < -0.3 is 10.2 Å². The van der Waals surface area contributed by atoms with E-state index in [0.29, 0.717) is 6.54 Å². The number of hydrogen-bond donors (Lipinski definition) is 1. The van der Waals surface area contributed by atoms with E-state index in [2.05, 4.69) is 30.4 Å². The molecule has 0 aliphatic carbocycles. The monoisotopic (exact) mass is 254 g/mol. The average Bonchev–Trinajstić information content (AvgIpc) is 2.30. The van der Waals surface area contributed by atoms with Gasteiger partial charge in [-0.25, -0.2) is 0 Å². The molecule has 0 saturated carbocycles. The molecule has 1 aliphatic rings. The van der Waals surface area contributed by atoms with Crippen LogP contribution in [-0.2, 0) is 11.2 Å². The summed E-state index contributed by atoms with van der Waals surface area (Å²) in [7, 11) is 1.81. The van der Waals surface area contributed by atoms with Crippen LogP contribution in [0.2, 0.25) is 0 Å². The molecule has 0 radical (unpaired) electrons. The first-order valence-corrected chi connectivity index (χ1v) is 5.76. The molecule has 1 amide bonds. The van der Waals surface area contributed by atoms with E-state index < -0.39 is 0 Å². The van der Waals surface area contributed by atoms with Gasteiger partial charge in [-0.15, -0.1) is 12.4 Å². The van der Waals surface area contributed by atoms with Crippen LogP contribution in [0.1, 0.15) is 24.1 Å². The number of likely N-dealkylation sites (N-methyl/N-ethyl adjacent to an activating group) is 1. The van der Waals surface area contributed by atoms with E-state index in [-0.39, 0.29) is 24.4 Å². The Hall–Kier alpha value is -1.06. The fourth-order valence-electron chi connectivity index (χ4n) is 2.37. The largest absolute Gasteiger partial charge is 0.334 e. The second-order valence-electron chi connectivity index (χ2n) is 4.24. The first kappa shape index (κ1) is 14.0.